The summed E-state index contributed by atoms with van der Waals surface area (Å²) < 4.78 is 12.3. The van der Waals surface area contributed by atoms with Crippen LogP contribution >= 0.6 is 0 Å². The van der Waals surface area contributed by atoms with Crippen molar-refractivity contribution in [3.8, 4) is 17.2 Å². The van der Waals surface area contributed by atoms with Gasteiger partial charge >= 0.3 is 0 Å². The topological polar surface area (TPSA) is 65.4 Å². The molecule has 0 unspecified atom stereocenters. The third-order valence-electron chi connectivity index (χ3n) is 3.88. The minimum Gasteiger partial charge on any atom is -0.497 e. The Bertz CT molecular complexity index is 920. The van der Waals surface area contributed by atoms with Crippen molar-refractivity contribution in [2.75, 3.05) is 19.0 Å². The molecule has 134 valence electrons. The third kappa shape index (κ3) is 3.85. The van der Waals surface area contributed by atoms with Crippen LogP contribution in [0.3, 0.4) is 0 Å². The average molecular weight is 351 g/mol. The van der Waals surface area contributed by atoms with Crippen molar-refractivity contribution in [3.63, 3.8) is 0 Å². The van der Waals surface area contributed by atoms with Crippen LogP contribution in [0.15, 0.2) is 65.7 Å². The summed E-state index contributed by atoms with van der Waals surface area (Å²) in [4.78, 5) is 17.0. The highest BCUT2D eigenvalue weighted by Gasteiger charge is 2.10. The van der Waals surface area contributed by atoms with Gasteiger partial charge in [-0.25, -0.2) is 4.98 Å². The van der Waals surface area contributed by atoms with E-state index in [9.17, 15) is 4.79 Å². The number of para-hydroxylation sites is 2. The Morgan fingerprint density at radius 1 is 1.12 bits per heavy atom. The molecular formula is C20H21N3O3. The molecular weight excluding hydrogens is 330 g/mol. The summed E-state index contributed by atoms with van der Waals surface area (Å²) >= 11 is 0. The van der Waals surface area contributed by atoms with Crippen molar-refractivity contribution in [2.24, 2.45) is 0 Å². The predicted molar refractivity (Wildman–Crippen MR) is 101 cm³/mol. The third-order valence-corrected chi connectivity index (χ3v) is 3.88. The number of nitrogens with one attached hydrogen (secondary N) is 1. The SMILES string of the molecule is CCOc1ccccc1-n1ccnc(NCc2ccc(OC)cc2)c1=O. The Kier molecular flexibility index (Phi) is 5.53. The molecule has 0 aliphatic rings. The van der Waals surface area contributed by atoms with Crippen LogP contribution < -0.4 is 20.3 Å². The lowest BCUT2D eigenvalue weighted by molar-refractivity contribution is 0.339. The van der Waals surface area contributed by atoms with Gasteiger partial charge in [-0.15, -0.1) is 0 Å². The number of nitrogens with zero attached hydrogens (tertiary/aromatic N) is 2. The van der Waals surface area contributed by atoms with Crippen molar-refractivity contribution in [1.29, 1.82) is 0 Å². The standard InChI is InChI=1S/C20H21N3O3/c1-3-26-18-7-5-4-6-17(18)23-13-12-21-19(20(23)24)22-14-15-8-10-16(25-2)11-9-15/h4-13H,3,14H2,1-2H3,(H,21,22). The Labute approximate surface area is 152 Å². The molecule has 0 amide bonds. The van der Waals surface area contributed by atoms with E-state index in [4.69, 9.17) is 9.47 Å². The summed E-state index contributed by atoms with van der Waals surface area (Å²) in [6, 6.07) is 15.1. The molecule has 6 heteroatoms. The lowest BCUT2D eigenvalue weighted by Gasteiger charge is -2.13. The Balaban J connectivity index is 1.84. The highest BCUT2D eigenvalue weighted by molar-refractivity contribution is 5.48. The lowest BCUT2D eigenvalue weighted by atomic mass is 10.2. The summed E-state index contributed by atoms with van der Waals surface area (Å²) in [5.74, 6) is 1.74. The number of hydrogen-bond acceptors (Lipinski definition) is 5. The van der Waals surface area contributed by atoms with Crippen molar-refractivity contribution < 1.29 is 9.47 Å². The highest BCUT2D eigenvalue weighted by atomic mass is 16.5. The summed E-state index contributed by atoms with van der Waals surface area (Å²) in [6.07, 6.45) is 3.24. The van der Waals surface area contributed by atoms with E-state index >= 15 is 0 Å². The van der Waals surface area contributed by atoms with Gasteiger partial charge in [-0.05, 0) is 36.8 Å². The van der Waals surface area contributed by atoms with Crippen LogP contribution in [0.2, 0.25) is 0 Å². The van der Waals surface area contributed by atoms with Gasteiger partial charge in [-0.1, -0.05) is 24.3 Å². The first-order valence-electron chi connectivity index (χ1n) is 8.39. The highest BCUT2D eigenvalue weighted by Crippen LogP contribution is 2.21. The van der Waals surface area contributed by atoms with Gasteiger partial charge in [0.1, 0.15) is 11.5 Å². The molecule has 0 fully saturated rings. The number of rotatable bonds is 7. The first-order chi connectivity index (χ1) is 12.7. The zero-order valence-corrected chi connectivity index (χ0v) is 14.8. The molecule has 6 nitrogen and oxygen atoms in total. The zero-order valence-electron chi connectivity index (χ0n) is 14.8. The minimum atomic E-state index is -0.229. The largest absolute Gasteiger partial charge is 0.497 e. The summed E-state index contributed by atoms with van der Waals surface area (Å²) in [5.41, 5.74) is 1.49. The number of ether oxygens (including phenoxy) is 2. The maximum atomic E-state index is 12.8. The van der Waals surface area contributed by atoms with Crippen molar-refractivity contribution >= 4 is 5.82 Å². The van der Waals surface area contributed by atoms with Crippen LogP contribution in [0.5, 0.6) is 11.5 Å². The van der Waals surface area contributed by atoms with Crippen molar-refractivity contribution in [1.82, 2.24) is 9.55 Å². The number of benzene rings is 2. The zero-order chi connectivity index (χ0) is 18.4. The number of hydrogen-bond donors (Lipinski definition) is 1. The van der Waals surface area contributed by atoms with Crippen molar-refractivity contribution in [2.45, 2.75) is 13.5 Å². The second-order valence-corrected chi connectivity index (χ2v) is 5.55. The average Bonchev–Trinajstić information content (AvgIpc) is 2.68. The quantitative estimate of drug-likeness (QED) is 0.708. The van der Waals surface area contributed by atoms with Gasteiger partial charge in [-0.2, -0.15) is 0 Å². The van der Waals surface area contributed by atoms with E-state index in [0.29, 0.717) is 24.6 Å². The van der Waals surface area contributed by atoms with Gasteiger partial charge < -0.3 is 14.8 Å². The lowest BCUT2D eigenvalue weighted by Crippen LogP contribution is -2.23. The van der Waals surface area contributed by atoms with Crippen LogP contribution in [-0.2, 0) is 6.54 Å². The van der Waals surface area contributed by atoms with E-state index in [0.717, 1.165) is 11.3 Å². The van der Waals surface area contributed by atoms with E-state index < -0.39 is 0 Å². The van der Waals surface area contributed by atoms with E-state index in [2.05, 4.69) is 10.3 Å². The summed E-state index contributed by atoms with van der Waals surface area (Å²) in [6.45, 7) is 2.93. The molecule has 26 heavy (non-hydrogen) atoms. The van der Waals surface area contributed by atoms with Crippen LogP contribution in [-0.4, -0.2) is 23.3 Å². The molecule has 1 heterocycles. The fourth-order valence-corrected chi connectivity index (χ4v) is 2.59. The Morgan fingerprint density at radius 2 is 1.88 bits per heavy atom. The molecule has 0 saturated heterocycles. The van der Waals surface area contributed by atoms with Crippen LogP contribution in [0.1, 0.15) is 12.5 Å². The fraction of sp³-hybridized carbons (Fsp3) is 0.200. The molecule has 3 rings (SSSR count). The predicted octanol–water partition coefficient (Wildman–Crippen LogP) is 3.25. The molecule has 1 N–H and O–H groups in total. The van der Waals surface area contributed by atoms with Crippen LogP contribution in [0, 0.1) is 0 Å². The maximum absolute atomic E-state index is 12.8. The van der Waals surface area contributed by atoms with Gasteiger partial charge in [-0.3, -0.25) is 9.36 Å². The second-order valence-electron chi connectivity index (χ2n) is 5.55. The smallest absolute Gasteiger partial charge is 0.297 e. The number of aromatic nitrogens is 2. The first kappa shape index (κ1) is 17.5. The number of methoxy groups -OCH3 is 1. The molecule has 0 aliphatic heterocycles. The fourth-order valence-electron chi connectivity index (χ4n) is 2.59. The van der Waals surface area contributed by atoms with E-state index in [-0.39, 0.29) is 11.4 Å². The monoisotopic (exact) mass is 351 g/mol. The molecule has 0 aliphatic carbocycles. The molecule has 0 radical (unpaired) electrons. The van der Waals surface area contributed by atoms with Gasteiger partial charge in [0, 0.05) is 18.9 Å². The molecule has 0 spiro atoms. The second kappa shape index (κ2) is 8.20. The van der Waals surface area contributed by atoms with E-state index in [1.54, 1.807) is 19.5 Å². The molecule has 2 aromatic carbocycles. The molecule has 3 aromatic rings. The number of anilines is 1. The molecule has 0 bridgehead atoms. The molecule has 0 atom stereocenters. The summed E-state index contributed by atoms with van der Waals surface area (Å²) in [7, 11) is 1.63. The van der Waals surface area contributed by atoms with E-state index in [1.165, 1.54) is 4.57 Å². The van der Waals surface area contributed by atoms with Crippen molar-refractivity contribution in [3.05, 3.63) is 76.8 Å². The maximum Gasteiger partial charge on any atom is 0.297 e. The van der Waals surface area contributed by atoms with Crippen LogP contribution in [0.25, 0.3) is 5.69 Å². The van der Waals surface area contributed by atoms with E-state index in [1.807, 2.05) is 55.5 Å². The van der Waals surface area contributed by atoms with Gasteiger partial charge in [0.2, 0.25) is 0 Å². The van der Waals surface area contributed by atoms with Crippen LogP contribution in [0.4, 0.5) is 5.82 Å². The summed E-state index contributed by atoms with van der Waals surface area (Å²) in [5, 5.41) is 3.10. The Morgan fingerprint density at radius 3 is 2.62 bits per heavy atom. The molecule has 1 aromatic heterocycles. The Hall–Kier alpha value is -3.28. The van der Waals surface area contributed by atoms with Gasteiger partial charge in [0.05, 0.1) is 19.4 Å². The normalized spacial score (nSPS) is 10.4. The molecule has 0 saturated carbocycles. The first-order valence-corrected chi connectivity index (χ1v) is 8.39. The van der Waals surface area contributed by atoms with Gasteiger partial charge in [0.15, 0.2) is 5.82 Å². The minimum absolute atomic E-state index is 0.229. The van der Waals surface area contributed by atoms with Gasteiger partial charge in [0.25, 0.3) is 5.56 Å².